The first-order chi connectivity index (χ1) is 9.11. The lowest BCUT2D eigenvalue weighted by molar-refractivity contribution is -0.122. The van der Waals surface area contributed by atoms with Gasteiger partial charge in [0.1, 0.15) is 0 Å². The normalized spacial score (nSPS) is 23.1. The lowest BCUT2D eigenvalue weighted by Crippen LogP contribution is -2.35. The molecule has 1 aliphatic carbocycles. The van der Waals surface area contributed by atoms with Crippen molar-refractivity contribution >= 4 is 11.6 Å². The third-order valence-electron chi connectivity index (χ3n) is 3.74. The minimum absolute atomic E-state index is 0.133. The maximum absolute atomic E-state index is 13.1. The number of rotatable bonds is 3. The van der Waals surface area contributed by atoms with Crippen molar-refractivity contribution < 1.29 is 13.6 Å². The van der Waals surface area contributed by atoms with Crippen molar-refractivity contribution in [3.8, 4) is 0 Å². The summed E-state index contributed by atoms with van der Waals surface area (Å²) >= 11 is 0. The number of halogens is 2. The number of hydrogen-bond donors (Lipinski definition) is 2. The smallest absolute Gasteiger partial charge is 0.227 e. The van der Waals surface area contributed by atoms with Crippen LogP contribution in [0.2, 0.25) is 0 Å². The maximum Gasteiger partial charge on any atom is 0.227 e. The molecule has 0 saturated heterocycles. The Morgan fingerprint density at radius 2 is 2.00 bits per heavy atom. The zero-order valence-corrected chi connectivity index (χ0v) is 10.7. The van der Waals surface area contributed by atoms with Gasteiger partial charge in [-0.1, -0.05) is 12.8 Å². The van der Waals surface area contributed by atoms with Crippen LogP contribution in [0.5, 0.6) is 0 Å². The summed E-state index contributed by atoms with van der Waals surface area (Å²) in [5.41, 5.74) is 5.96. The summed E-state index contributed by atoms with van der Waals surface area (Å²) in [6.45, 7) is 0.482. The second-order valence-electron chi connectivity index (χ2n) is 5.00. The molecule has 0 aliphatic heterocycles. The van der Waals surface area contributed by atoms with Crippen LogP contribution in [-0.4, -0.2) is 12.5 Å². The van der Waals surface area contributed by atoms with Crippen LogP contribution in [0.1, 0.15) is 25.7 Å². The fourth-order valence-electron chi connectivity index (χ4n) is 2.64. The molecule has 104 valence electrons. The Balaban J connectivity index is 2.05. The largest absolute Gasteiger partial charge is 0.330 e. The highest BCUT2D eigenvalue weighted by atomic mass is 19.2. The number of nitrogens with one attached hydrogen (secondary N) is 1. The molecule has 1 aromatic carbocycles. The second-order valence-corrected chi connectivity index (χ2v) is 5.00. The van der Waals surface area contributed by atoms with Gasteiger partial charge in [0.25, 0.3) is 0 Å². The zero-order chi connectivity index (χ0) is 13.8. The minimum atomic E-state index is -0.961. The summed E-state index contributed by atoms with van der Waals surface area (Å²) in [5, 5.41) is 2.64. The van der Waals surface area contributed by atoms with Crippen LogP contribution in [-0.2, 0) is 4.79 Å². The number of benzene rings is 1. The molecule has 1 saturated carbocycles. The van der Waals surface area contributed by atoms with Crippen molar-refractivity contribution in [2.24, 2.45) is 17.6 Å². The Morgan fingerprint density at radius 1 is 1.26 bits per heavy atom. The monoisotopic (exact) mass is 268 g/mol. The average molecular weight is 268 g/mol. The summed E-state index contributed by atoms with van der Waals surface area (Å²) in [7, 11) is 0. The highest BCUT2D eigenvalue weighted by Gasteiger charge is 2.29. The third-order valence-corrected chi connectivity index (χ3v) is 3.74. The standard InChI is InChI=1S/C14H18F2N2O/c15-12-6-5-10(7-13(12)16)18-14(19)11-4-2-1-3-9(11)8-17/h5-7,9,11H,1-4,8,17H2,(H,18,19). The second kappa shape index (κ2) is 6.10. The van der Waals surface area contributed by atoms with Gasteiger partial charge in [-0.3, -0.25) is 4.79 Å². The van der Waals surface area contributed by atoms with E-state index in [9.17, 15) is 13.6 Å². The van der Waals surface area contributed by atoms with Crippen LogP contribution in [0.4, 0.5) is 14.5 Å². The van der Waals surface area contributed by atoms with Crippen molar-refractivity contribution in [1.29, 1.82) is 0 Å². The fraction of sp³-hybridized carbons (Fsp3) is 0.500. The van der Waals surface area contributed by atoms with E-state index in [0.717, 1.165) is 37.8 Å². The predicted octanol–water partition coefficient (Wildman–Crippen LogP) is 2.67. The summed E-state index contributed by atoms with van der Waals surface area (Å²) < 4.78 is 25.9. The number of carbonyl (C=O) groups excluding carboxylic acids is 1. The van der Waals surface area contributed by atoms with E-state index < -0.39 is 11.6 Å². The van der Waals surface area contributed by atoms with Gasteiger partial charge in [0.15, 0.2) is 11.6 Å². The molecule has 2 unspecified atom stereocenters. The molecule has 19 heavy (non-hydrogen) atoms. The molecule has 0 heterocycles. The summed E-state index contributed by atoms with van der Waals surface area (Å²) in [6.07, 6.45) is 3.85. The molecule has 1 fully saturated rings. The van der Waals surface area contributed by atoms with Crippen molar-refractivity contribution in [1.82, 2.24) is 0 Å². The van der Waals surface area contributed by atoms with Gasteiger partial charge < -0.3 is 11.1 Å². The fourth-order valence-corrected chi connectivity index (χ4v) is 2.64. The topological polar surface area (TPSA) is 55.1 Å². The van der Waals surface area contributed by atoms with Gasteiger partial charge in [0, 0.05) is 17.7 Å². The Bertz CT molecular complexity index is 465. The number of amides is 1. The molecule has 0 spiro atoms. The Kier molecular flexibility index (Phi) is 4.47. The van der Waals surface area contributed by atoms with Crippen molar-refractivity contribution in [2.75, 3.05) is 11.9 Å². The molecule has 0 radical (unpaired) electrons. The van der Waals surface area contributed by atoms with Crippen LogP contribution in [0.3, 0.4) is 0 Å². The van der Waals surface area contributed by atoms with E-state index in [2.05, 4.69) is 5.32 Å². The molecule has 3 nitrogen and oxygen atoms in total. The van der Waals surface area contributed by atoms with Gasteiger partial charge in [-0.25, -0.2) is 8.78 Å². The number of carbonyl (C=O) groups is 1. The molecule has 3 N–H and O–H groups in total. The van der Waals surface area contributed by atoms with Crippen LogP contribution >= 0.6 is 0 Å². The van der Waals surface area contributed by atoms with E-state index >= 15 is 0 Å². The van der Waals surface area contributed by atoms with Crippen LogP contribution < -0.4 is 11.1 Å². The van der Waals surface area contributed by atoms with Crippen LogP contribution in [0, 0.1) is 23.5 Å². The Labute approximate surface area is 111 Å². The summed E-state index contributed by atoms with van der Waals surface area (Å²) in [4.78, 5) is 12.2. The highest BCUT2D eigenvalue weighted by molar-refractivity contribution is 5.92. The molecule has 5 heteroatoms. The quantitative estimate of drug-likeness (QED) is 0.885. The van der Waals surface area contributed by atoms with Gasteiger partial charge in [-0.15, -0.1) is 0 Å². The zero-order valence-electron chi connectivity index (χ0n) is 10.7. The first-order valence-electron chi connectivity index (χ1n) is 6.58. The van der Waals surface area contributed by atoms with E-state index in [1.54, 1.807) is 0 Å². The van der Waals surface area contributed by atoms with Gasteiger partial charge in [0.2, 0.25) is 5.91 Å². The molecule has 0 aromatic heterocycles. The summed E-state index contributed by atoms with van der Waals surface area (Å²) in [5.74, 6) is -1.99. The lowest BCUT2D eigenvalue weighted by atomic mass is 9.78. The van der Waals surface area contributed by atoms with Crippen molar-refractivity contribution in [2.45, 2.75) is 25.7 Å². The molecule has 1 aliphatic rings. The van der Waals surface area contributed by atoms with E-state index in [-0.39, 0.29) is 23.4 Å². The Hall–Kier alpha value is -1.49. The molecule has 1 aromatic rings. The van der Waals surface area contributed by atoms with Crippen LogP contribution in [0.25, 0.3) is 0 Å². The first kappa shape index (κ1) is 13.9. The molecular formula is C14H18F2N2O. The predicted molar refractivity (Wildman–Crippen MR) is 69.5 cm³/mol. The van der Waals surface area contributed by atoms with Gasteiger partial charge in [-0.05, 0) is 37.4 Å². The summed E-state index contributed by atoms with van der Waals surface area (Å²) in [6, 6.07) is 3.36. The average Bonchev–Trinajstić information content (AvgIpc) is 2.43. The first-order valence-corrected chi connectivity index (χ1v) is 6.58. The van der Waals surface area contributed by atoms with E-state index in [1.165, 1.54) is 6.07 Å². The van der Waals surface area contributed by atoms with Gasteiger partial charge >= 0.3 is 0 Å². The number of hydrogen-bond acceptors (Lipinski definition) is 2. The van der Waals surface area contributed by atoms with Crippen molar-refractivity contribution in [3.05, 3.63) is 29.8 Å². The minimum Gasteiger partial charge on any atom is -0.330 e. The van der Waals surface area contributed by atoms with Gasteiger partial charge in [-0.2, -0.15) is 0 Å². The van der Waals surface area contributed by atoms with E-state index in [0.29, 0.717) is 6.54 Å². The maximum atomic E-state index is 13.1. The van der Waals surface area contributed by atoms with Crippen LogP contribution in [0.15, 0.2) is 18.2 Å². The molecule has 0 bridgehead atoms. The highest BCUT2D eigenvalue weighted by Crippen LogP contribution is 2.30. The van der Waals surface area contributed by atoms with Gasteiger partial charge in [0.05, 0.1) is 0 Å². The number of anilines is 1. The van der Waals surface area contributed by atoms with E-state index in [1.807, 2.05) is 0 Å². The molecule has 2 rings (SSSR count). The van der Waals surface area contributed by atoms with Crippen molar-refractivity contribution in [3.63, 3.8) is 0 Å². The number of nitrogens with two attached hydrogens (primary N) is 1. The van der Waals surface area contributed by atoms with E-state index in [4.69, 9.17) is 5.73 Å². The molecule has 1 amide bonds. The SMILES string of the molecule is NCC1CCCCC1C(=O)Nc1ccc(F)c(F)c1. The molecular weight excluding hydrogens is 250 g/mol. The Morgan fingerprint density at radius 3 is 2.68 bits per heavy atom. The molecule has 2 atom stereocenters. The lowest BCUT2D eigenvalue weighted by Gasteiger charge is -2.29. The third kappa shape index (κ3) is 3.29.